The summed E-state index contributed by atoms with van der Waals surface area (Å²) in [5.41, 5.74) is 3.29. The van der Waals surface area contributed by atoms with Gasteiger partial charge in [0.15, 0.2) is 5.82 Å². The van der Waals surface area contributed by atoms with Crippen LogP contribution < -0.4 is 10.2 Å². The van der Waals surface area contributed by atoms with Gasteiger partial charge in [-0.1, -0.05) is 12.1 Å². The molecule has 1 aromatic carbocycles. The van der Waals surface area contributed by atoms with Crippen LogP contribution in [0, 0.1) is 19.8 Å². The normalized spacial score (nSPS) is 17.1. The second-order valence-corrected chi connectivity index (χ2v) is 7.57. The third-order valence-electron chi connectivity index (χ3n) is 5.26. The zero-order valence-corrected chi connectivity index (χ0v) is 16.5. The average Bonchev–Trinajstić information content (AvgIpc) is 3.33. The molecule has 8 heteroatoms. The molecule has 1 fully saturated rings. The summed E-state index contributed by atoms with van der Waals surface area (Å²) in [6.45, 7) is 8.23. The first kappa shape index (κ1) is 18.2. The molecule has 1 aliphatic heterocycles. The summed E-state index contributed by atoms with van der Waals surface area (Å²) in [5, 5.41) is 15.6. The van der Waals surface area contributed by atoms with Crippen LogP contribution in [0.3, 0.4) is 0 Å². The van der Waals surface area contributed by atoms with Crippen LogP contribution in [0.25, 0.3) is 10.9 Å². The molecule has 28 heavy (non-hydrogen) atoms. The predicted octanol–water partition coefficient (Wildman–Crippen LogP) is 2.95. The third kappa shape index (κ3) is 2.94. The highest BCUT2D eigenvalue weighted by molar-refractivity contribution is 6.07. The number of hydrogen-bond donors (Lipinski definition) is 2. The molecule has 4 rings (SSSR count). The van der Waals surface area contributed by atoms with Crippen molar-refractivity contribution in [3.63, 3.8) is 0 Å². The molecule has 0 unspecified atom stereocenters. The van der Waals surface area contributed by atoms with Crippen molar-refractivity contribution in [1.29, 1.82) is 0 Å². The Balaban J connectivity index is 1.54. The number of anilines is 2. The molecule has 0 aliphatic carbocycles. The van der Waals surface area contributed by atoms with E-state index in [0.29, 0.717) is 12.4 Å². The Bertz CT molecular complexity index is 1060. The summed E-state index contributed by atoms with van der Waals surface area (Å²) in [7, 11) is 0. The average molecular weight is 380 g/mol. The van der Waals surface area contributed by atoms with E-state index in [9.17, 15) is 9.59 Å². The molecule has 0 saturated carbocycles. The summed E-state index contributed by atoms with van der Waals surface area (Å²) in [6, 6.07) is 7.86. The van der Waals surface area contributed by atoms with Gasteiger partial charge in [0, 0.05) is 24.4 Å². The van der Waals surface area contributed by atoms with Crippen LogP contribution in [0.15, 0.2) is 24.3 Å². The summed E-state index contributed by atoms with van der Waals surface area (Å²) < 4.78 is 1.90. The fourth-order valence-electron chi connectivity index (χ4n) is 3.81. The highest BCUT2D eigenvalue weighted by Crippen LogP contribution is 2.31. The highest BCUT2D eigenvalue weighted by atomic mass is 16.2. The van der Waals surface area contributed by atoms with Crippen LogP contribution in [0.4, 0.5) is 11.5 Å². The molecule has 1 saturated heterocycles. The minimum Gasteiger partial charge on any atom is -0.323 e. The number of hydrogen-bond acceptors (Lipinski definition) is 4. The third-order valence-corrected chi connectivity index (χ3v) is 5.26. The van der Waals surface area contributed by atoms with Gasteiger partial charge in [0.2, 0.25) is 11.8 Å². The van der Waals surface area contributed by atoms with E-state index < -0.39 is 5.92 Å². The Labute approximate surface area is 162 Å². The van der Waals surface area contributed by atoms with Crippen LogP contribution in [0.2, 0.25) is 0 Å². The topological polar surface area (TPSA) is 95.9 Å². The van der Waals surface area contributed by atoms with Gasteiger partial charge < -0.3 is 5.32 Å². The lowest BCUT2D eigenvalue weighted by molar-refractivity contribution is -0.122. The number of amides is 2. The summed E-state index contributed by atoms with van der Waals surface area (Å²) in [6.07, 6.45) is 0.170. The molecular weight excluding hydrogens is 356 g/mol. The fourth-order valence-corrected chi connectivity index (χ4v) is 3.81. The zero-order valence-electron chi connectivity index (χ0n) is 16.5. The number of H-pyrrole nitrogens is 1. The van der Waals surface area contributed by atoms with Crippen molar-refractivity contribution in [2.45, 2.75) is 40.2 Å². The van der Waals surface area contributed by atoms with Gasteiger partial charge in [0.1, 0.15) is 0 Å². The molecule has 0 spiro atoms. The lowest BCUT2D eigenvalue weighted by Crippen LogP contribution is -2.28. The van der Waals surface area contributed by atoms with Gasteiger partial charge in [-0.15, -0.1) is 0 Å². The van der Waals surface area contributed by atoms with Crippen LogP contribution in [0.1, 0.15) is 37.7 Å². The Morgan fingerprint density at radius 2 is 2.04 bits per heavy atom. The van der Waals surface area contributed by atoms with Gasteiger partial charge in [-0.25, -0.2) is 0 Å². The van der Waals surface area contributed by atoms with Crippen molar-refractivity contribution in [2.24, 2.45) is 5.92 Å². The second-order valence-electron chi connectivity index (χ2n) is 7.57. The Hall–Kier alpha value is -3.16. The first-order valence-corrected chi connectivity index (χ1v) is 9.47. The molecule has 0 bridgehead atoms. The van der Waals surface area contributed by atoms with E-state index in [1.54, 1.807) is 4.90 Å². The lowest BCUT2D eigenvalue weighted by atomic mass is 10.1. The number of aromatic amines is 1. The maximum absolute atomic E-state index is 12.9. The monoisotopic (exact) mass is 380 g/mol. The van der Waals surface area contributed by atoms with Crippen molar-refractivity contribution in [1.82, 2.24) is 20.0 Å². The van der Waals surface area contributed by atoms with Gasteiger partial charge in [0.05, 0.1) is 28.5 Å². The van der Waals surface area contributed by atoms with Crippen LogP contribution in [0.5, 0.6) is 0 Å². The summed E-state index contributed by atoms with van der Waals surface area (Å²) in [5.74, 6) is -0.103. The van der Waals surface area contributed by atoms with Crippen molar-refractivity contribution < 1.29 is 9.59 Å². The van der Waals surface area contributed by atoms with Crippen molar-refractivity contribution >= 4 is 34.2 Å². The minimum atomic E-state index is -0.427. The molecule has 2 N–H and O–H groups in total. The Morgan fingerprint density at radius 1 is 1.29 bits per heavy atom. The van der Waals surface area contributed by atoms with Gasteiger partial charge in [-0.05, 0) is 39.8 Å². The van der Waals surface area contributed by atoms with Gasteiger partial charge in [-0.2, -0.15) is 10.2 Å². The SMILES string of the molecule is Cc1nn(C(C)C)c(C)c1NC(=O)[C@@H]1CC(=O)N(c2n[nH]c3ccccc23)C1. The standard InChI is InChI=1S/C20H24N6O2/c1-11(2)26-13(4)18(12(3)24-26)21-20(28)14-9-17(27)25(10-14)19-15-7-5-6-8-16(15)22-23-19/h5-8,11,14H,9-10H2,1-4H3,(H,21,28)(H,22,23)/t14-/m1/s1. The number of benzene rings is 1. The van der Waals surface area contributed by atoms with Gasteiger partial charge in [0.25, 0.3) is 0 Å². The number of nitrogens with zero attached hydrogens (tertiary/aromatic N) is 4. The number of aryl methyl sites for hydroxylation is 1. The molecule has 3 heterocycles. The number of aromatic nitrogens is 4. The van der Waals surface area contributed by atoms with Crippen LogP contribution >= 0.6 is 0 Å². The number of fused-ring (bicyclic) bond motifs is 1. The van der Waals surface area contributed by atoms with Gasteiger partial charge in [-0.3, -0.25) is 24.3 Å². The smallest absolute Gasteiger partial charge is 0.229 e. The van der Waals surface area contributed by atoms with E-state index >= 15 is 0 Å². The van der Waals surface area contributed by atoms with Gasteiger partial charge >= 0.3 is 0 Å². The fraction of sp³-hybridized carbons (Fsp3) is 0.400. The predicted molar refractivity (Wildman–Crippen MR) is 107 cm³/mol. The molecule has 146 valence electrons. The molecule has 0 radical (unpaired) electrons. The number of rotatable bonds is 4. The zero-order chi connectivity index (χ0) is 20.0. The number of carbonyl (C=O) groups excluding carboxylic acids is 2. The Morgan fingerprint density at radius 3 is 2.75 bits per heavy atom. The van der Waals surface area contributed by atoms with E-state index in [1.165, 1.54) is 0 Å². The van der Waals surface area contributed by atoms with Crippen LogP contribution in [-0.2, 0) is 9.59 Å². The molecule has 2 amide bonds. The molecule has 1 aliphatic rings. The molecule has 1 atom stereocenters. The number of para-hydroxylation sites is 1. The summed E-state index contributed by atoms with van der Waals surface area (Å²) in [4.78, 5) is 27.1. The largest absolute Gasteiger partial charge is 0.323 e. The van der Waals surface area contributed by atoms with Crippen molar-refractivity contribution in [3.8, 4) is 0 Å². The van der Waals surface area contributed by atoms with Crippen molar-refractivity contribution in [2.75, 3.05) is 16.8 Å². The van der Waals surface area contributed by atoms with E-state index in [4.69, 9.17) is 0 Å². The molecular formula is C20H24N6O2. The maximum atomic E-state index is 12.9. The van der Waals surface area contributed by atoms with Crippen molar-refractivity contribution in [3.05, 3.63) is 35.7 Å². The minimum absolute atomic E-state index is 0.0938. The van der Waals surface area contributed by atoms with E-state index in [2.05, 4.69) is 20.6 Å². The van der Waals surface area contributed by atoms with Crippen LogP contribution in [-0.4, -0.2) is 38.3 Å². The number of carbonyl (C=O) groups is 2. The molecule has 3 aromatic rings. The van der Waals surface area contributed by atoms with E-state index in [1.807, 2.05) is 56.6 Å². The lowest BCUT2D eigenvalue weighted by Gasteiger charge is -2.14. The quantitative estimate of drug-likeness (QED) is 0.727. The van der Waals surface area contributed by atoms with E-state index in [-0.39, 0.29) is 24.3 Å². The second kappa shape index (κ2) is 6.78. The molecule has 8 nitrogen and oxygen atoms in total. The molecule has 2 aromatic heterocycles. The van der Waals surface area contributed by atoms with E-state index in [0.717, 1.165) is 28.0 Å². The first-order valence-electron chi connectivity index (χ1n) is 9.47. The maximum Gasteiger partial charge on any atom is 0.229 e. The first-order chi connectivity index (χ1) is 13.4. The Kier molecular flexibility index (Phi) is 4.41. The summed E-state index contributed by atoms with van der Waals surface area (Å²) >= 11 is 0. The highest BCUT2D eigenvalue weighted by Gasteiger charge is 2.37. The number of nitrogens with one attached hydrogen (secondary N) is 2.